The number of likely N-dealkylation sites (N-methyl/N-ethyl adjacent to an activating group) is 1. The molecule has 3 amide bonds. The summed E-state index contributed by atoms with van der Waals surface area (Å²) in [5.41, 5.74) is 2.53. The van der Waals surface area contributed by atoms with Crippen molar-refractivity contribution in [3.05, 3.63) is 60.4 Å². The minimum absolute atomic E-state index is 0.125. The van der Waals surface area contributed by atoms with E-state index in [2.05, 4.69) is 34.7 Å². The molecule has 0 aliphatic carbocycles. The molecule has 7 heteroatoms. The van der Waals surface area contributed by atoms with Gasteiger partial charge in [-0.3, -0.25) is 4.79 Å². The van der Waals surface area contributed by atoms with Crippen LogP contribution in [0, 0.1) is 0 Å². The first kappa shape index (κ1) is 20.4. The zero-order valence-electron chi connectivity index (χ0n) is 16.7. The first-order valence-electron chi connectivity index (χ1n) is 9.75. The summed E-state index contributed by atoms with van der Waals surface area (Å²) < 4.78 is 5.34. The monoisotopic (exact) mass is 394 g/mol. The van der Waals surface area contributed by atoms with Crippen molar-refractivity contribution in [2.24, 2.45) is 0 Å². The van der Waals surface area contributed by atoms with E-state index in [0.717, 1.165) is 25.0 Å². The van der Waals surface area contributed by atoms with Crippen LogP contribution in [-0.4, -0.2) is 43.0 Å². The molecule has 7 nitrogen and oxygen atoms in total. The molecule has 3 rings (SSSR count). The molecule has 0 radical (unpaired) electrons. The third kappa shape index (κ3) is 5.36. The molecule has 1 aromatic heterocycles. The summed E-state index contributed by atoms with van der Waals surface area (Å²) in [5.74, 6) is -0.125. The van der Waals surface area contributed by atoms with Crippen molar-refractivity contribution in [2.75, 3.05) is 36.8 Å². The van der Waals surface area contributed by atoms with Gasteiger partial charge in [-0.1, -0.05) is 19.9 Å². The van der Waals surface area contributed by atoms with Crippen LogP contribution in [0.4, 0.5) is 16.2 Å². The molecule has 1 heterocycles. The maximum atomic E-state index is 12.3. The molecule has 0 spiro atoms. The topological polar surface area (TPSA) is 86.6 Å². The van der Waals surface area contributed by atoms with E-state index in [4.69, 9.17) is 4.42 Å². The molecule has 0 fully saturated rings. The van der Waals surface area contributed by atoms with Crippen LogP contribution in [0.5, 0.6) is 0 Å². The van der Waals surface area contributed by atoms with Crippen LogP contribution in [0.3, 0.4) is 0 Å². The number of nitrogens with zero attached hydrogens (tertiary/aromatic N) is 1. The average Bonchev–Trinajstić information content (AvgIpc) is 3.21. The van der Waals surface area contributed by atoms with Crippen molar-refractivity contribution >= 4 is 34.3 Å². The van der Waals surface area contributed by atoms with E-state index in [1.165, 1.54) is 0 Å². The number of benzene rings is 2. The molecular formula is C22H26N4O3. The highest BCUT2D eigenvalue weighted by molar-refractivity contribution is 6.05. The predicted octanol–water partition coefficient (Wildman–Crippen LogP) is 4.15. The largest absolute Gasteiger partial charge is 0.464 e. The van der Waals surface area contributed by atoms with Crippen LogP contribution in [0.1, 0.15) is 24.2 Å². The lowest BCUT2D eigenvalue weighted by atomic mass is 10.2. The lowest BCUT2D eigenvalue weighted by Gasteiger charge is -2.18. The normalized spacial score (nSPS) is 10.9. The number of fused-ring (bicyclic) bond motifs is 1. The molecule has 0 aliphatic rings. The predicted molar refractivity (Wildman–Crippen MR) is 115 cm³/mol. The maximum Gasteiger partial charge on any atom is 0.323 e. The fourth-order valence-electron chi connectivity index (χ4n) is 3.06. The lowest BCUT2D eigenvalue weighted by molar-refractivity contribution is 0.0949. The third-order valence-electron chi connectivity index (χ3n) is 4.76. The number of carbonyl (C=O) groups is 2. The molecule has 0 saturated carbocycles. The lowest BCUT2D eigenvalue weighted by Crippen LogP contribution is -2.34. The van der Waals surface area contributed by atoms with Crippen LogP contribution in [-0.2, 0) is 0 Å². The van der Waals surface area contributed by atoms with Crippen LogP contribution in [0.25, 0.3) is 11.0 Å². The van der Waals surface area contributed by atoms with Gasteiger partial charge in [0.2, 0.25) is 0 Å². The number of rotatable bonds is 8. The van der Waals surface area contributed by atoms with Crippen molar-refractivity contribution in [1.29, 1.82) is 0 Å². The Bertz CT molecular complexity index is 962. The molecule has 29 heavy (non-hydrogen) atoms. The Labute approximate surface area is 170 Å². The number of furan rings is 1. The van der Waals surface area contributed by atoms with E-state index in [1.807, 2.05) is 18.2 Å². The van der Waals surface area contributed by atoms with Gasteiger partial charge in [0.05, 0.1) is 12.0 Å². The van der Waals surface area contributed by atoms with E-state index in [9.17, 15) is 9.59 Å². The Morgan fingerprint density at radius 3 is 2.45 bits per heavy atom. The summed E-state index contributed by atoms with van der Waals surface area (Å²) in [6, 6.07) is 13.7. The molecule has 0 atom stereocenters. The first-order chi connectivity index (χ1) is 14.1. The second kappa shape index (κ2) is 9.75. The number of carbonyl (C=O) groups excluding carboxylic acids is 2. The molecule has 3 aromatic rings. The highest BCUT2D eigenvalue weighted by Crippen LogP contribution is 2.24. The Hall–Kier alpha value is -3.32. The SMILES string of the molecule is CCN(CC)CCNC(=O)c1ccc(NC(=O)Nc2cccc3occc23)cc1. The summed E-state index contributed by atoms with van der Waals surface area (Å²) in [5, 5.41) is 9.33. The molecular weight excluding hydrogens is 368 g/mol. The number of urea groups is 1. The molecule has 0 saturated heterocycles. The summed E-state index contributed by atoms with van der Waals surface area (Å²) >= 11 is 0. The molecule has 2 aromatic carbocycles. The minimum Gasteiger partial charge on any atom is -0.464 e. The summed E-state index contributed by atoms with van der Waals surface area (Å²) in [7, 11) is 0. The third-order valence-corrected chi connectivity index (χ3v) is 4.76. The number of nitrogens with one attached hydrogen (secondary N) is 3. The fraction of sp³-hybridized carbons (Fsp3) is 0.273. The molecule has 0 aliphatic heterocycles. The van der Waals surface area contributed by atoms with E-state index < -0.39 is 0 Å². The Kier molecular flexibility index (Phi) is 6.86. The van der Waals surface area contributed by atoms with Gasteiger partial charge in [0.15, 0.2) is 0 Å². The average molecular weight is 394 g/mol. The zero-order valence-corrected chi connectivity index (χ0v) is 16.7. The van der Waals surface area contributed by atoms with E-state index in [0.29, 0.717) is 29.1 Å². The number of amides is 3. The molecule has 152 valence electrons. The van der Waals surface area contributed by atoms with E-state index in [-0.39, 0.29) is 11.9 Å². The fourth-order valence-corrected chi connectivity index (χ4v) is 3.06. The quantitative estimate of drug-likeness (QED) is 0.536. The van der Waals surface area contributed by atoms with Gasteiger partial charge >= 0.3 is 6.03 Å². The van der Waals surface area contributed by atoms with Crippen LogP contribution in [0.2, 0.25) is 0 Å². The Morgan fingerprint density at radius 1 is 0.966 bits per heavy atom. The van der Waals surface area contributed by atoms with Gasteiger partial charge < -0.3 is 25.3 Å². The smallest absolute Gasteiger partial charge is 0.323 e. The van der Waals surface area contributed by atoms with Gasteiger partial charge in [0, 0.05) is 29.7 Å². The second-order valence-electron chi connectivity index (χ2n) is 6.58. The highest BCUT2D eigenvalue weighted by atomic mass is 16.3. The maximum absolute atomic E-state index is 12.3. The Balaban J connectivity index is 1.52. The van der Waals surface area contributed by atoms with Gasteiger partial charge in [-0.25, -0.2) is 4.79 Å². The van der Waals surface area contributed by atoms with E-state index in [1.54, 1.807) is 36.6 Å². The van der Waals surface area contributed by atoms with Gasteiger partial charge in [-0.2, -0.15) is 0 Å². The highest BCUT2D eigenvalue weighted by Gasteiger charge is 2.09. The first-order valence-corrected chi connectivity index (χ1v) is 9.75. The van der Waals surface area contributed by atoms with Crippen molar-refractivity contribution < 1.29 is 14.0 Å². The van der Waals surface area contributed by atoms with Crippen molar-refractivity contribution in [1.82, 2.24) is 10.2 Å². The van der Waals surface area contributed by atoms with Crippen LogP contribution in [0.15, 0.2) is 59.2 Å². The molecule has 0 bridgehead atoms. The van der Waals surface area contributed by atoms with Crippen molar-refractivity contribution in [3.63, 3.8) is 0 Å². The zero-order chi connectivity index (χ0) is 20.6. The van der Waals surface area contributed by atoms with Gasteiger partial charge in [0.25, 0.3) is 5.91 Å². The molecule has 3 N–H and O–H groups in total. The van der Waals surface area contributed by atoms with Gasteiger partial charge in [-0.05, 0) is 55.6 Å². The number of hydrogen-bond acceptors (Lipinski definition) is 4. The standard InChI is InChI=1S/C22H26N4O3/c1-3-26(4-2)14-13-23-21(27)16-8-10-17(11-9-16)24-22(28)25-19-6-5-7-20-18(19)12-15-29-20/h5-12,15H,3-4,13-14H2,1-2H3,(H,23,27)(H2,24,25,28). The number of hydrogen-bond donors (Lipinski definition) is 3. The number of anilines is 2. The summed E-state index contributed by atoms with van der Waals surface area (Å²) in [6.45, 7) is 7.55. The van der Waals surface area contributed by atoms with E-state index >= 15 is 0 Å². The summed E-state index contributed by atoms with van der Waals surface area (Å²) in [6.07, 6.45) is 1.58. The van der Waals surface area contributed by atoms with Gasteiger partial charge in [0.1, 0.15) is 5.58 Å². The van der Waals surface area contributed by atoms with Crippen LogP contribution < -0.4 is 16.0 Å². The summed E-state index contributed by atoms with van der Waals surface area (Å²) in [4.78, 5) is 26.8. The van der Waals surface area contributed by atoms with Crippen LogP contribution >= 0.6 is 0 Å². The van der Waals surface area contributed by atoms with Gasteiger partial charge in [-0.15, -0.1) is 0 Å². The van der Waals surface area contributed by atoms with Crippen molar-refractivity contribution in [3.8, 4) is 0 Å². The van der Waals surface area contributed by atoms with Crippen molar-refractivity contribution in [2.45, 2.75) is 13.8 Å². The second-order valence-corrected chi connectivity index (χ2v) is 6.58. The molecule has 0 unspecified atom stereocenters. The minimum atomic E-state index is -0.366. The Morgan fingerprint density at radius 2 is 1.72 bits per heavy atom.